The molecule has 2 aliphatic heterocycles. The summed E-state index contributed by atoms with van der Waals surface area (Å²) in [5, 5.41) is 3.07. The van der Waals surface area contributed by atoms with Crippen molar-refractivity contribution in [1.82, 2.24) is 0 Å². The van der Waals surface area contributed by atoms with Crippen LogP contribution in [0.5, 0.6) is 0 Å². The van der Waals surface area contributed by atoms with Crippen LogP contribution >= 0.6 is 46.4 Å². The molecular weight excluding hydrogens is 558 g/mol. The first-order valence-electron chi connectivity index (χ1n) is 11.2. The summed E-state index contributed by atoms with van der Waals surface area (Å²) in [6.07, 6.45) is -1.06. The van der Waals surface area contributed by atoms with E-state index in [-0.39, 0.29) is 5.02 Å². The summed E-state index contributed by atoms with van der Waals surface area (Å²) in [7, 11) is 0. The number of para-hydroxylation sites is 1. The Balaban J connectivity index is 1.43. The lowest BCUT2D eigenvalue weighted by Crippen LogP contribution is -2.37. The fourth-order valence-electron chi connectivity index (χ4n) is 4.72. The van der Waals surface area contributed by atoms with Crippen LogP contribution in [0, 0.1) is 5.92 Å². The van der Waals surface area contributed by atoms with Crippen molar-refractivity contribution < 1.29 is 18.8 Å². The molecule has 2 saturated heterocycles. The molecule has 3 heterocycles. The standard InChI is InChI=1S/C27H16Cl4N2O4/c28-14-6-8-18(29)17(12-14)21-10-11-22(36-21)24-23-25(37-33(24)15-4-2-1-3-5-15)27(35)32(26(23)34)16-7-9-19(30)20(31)13-16/h1-13,23-25H/t23-,24+,25-/m1/s1. The number of carbonyl (C=O) groups is 2. The van der Waals surface area contributed by atoms with Crippen LogP contribution in [0.4, 0.5) is 11.4 Å². The number of fused-ring (bicyclic) bond motifs is 1. The van der Waals surface area contributed by atoms with Gasteiger partial charge in [0, 0.05) is 10.6 Å². The highest BCUT2D eigenvalue weighted by Crippen LogP contribution is 2.49. The minimum Gasteiger partial charge on any atom is -0.459 e. The fraction of sp³-hybridized carbons (Fsp3) is 0.111. The Morgan fingerprint density at radius 1 is 0.703 bits per heavy atom. The molecule has 0 unspecified atom stereocenters. The zero-order chi connectivity index (χ0) is 25.8. The number of anilines is 2. The first-order valence-corrected chi connectivity index (χ1v) is 12.7. The van der Waals surface area contributed by atoms with Gasteiger partial charge >= 0.3 is 0 Å². The molecule has 0 bridgehead atoms. The number of halogens is 4. The quantitative estimate of drug-likeness (QED) is 0.235. The topological polar surface area (TPSA) is 63.0 Å². The van der Waals surface area contributed by atoms with Crippen molar-refractivity contribution in [2.24, 2.45) is 5.92 Å². The van der Waals surface area contributed by atoms with Crippen molar-refractivity contribution in [2.75, 3.05) is 9.96 Å². The summed E-state index contributed by atoms with van der Waals surface area (Å²) in [4.78, 5) is 34.5. The Hall–Kier alpha value is -3.00. The zero-order valence-electron chi connectivity index (χ0n) is 18.8. The van der Waals surface area contributed by atoms with Crippen molar-refractivity contribution in [2.45, 2.75) is 12.1 Å². The van der Waals surface area contributed by atoms with Crippen LogP contribution < -0.4 is 9.96 Å². The van der Waals surface area contributed by atoms with Crippen molar-refractivity contribution in [3.63, 3.8) is 0 Å². The number of hydroxylamine groups is 1. The van der Waals surface area contributed by atoms with Crippen molar-refractivity contribution in [3.05, 3.63) is 105 Å². The number of rotatable bonds is 4. The molecule has 2 amide bonds. The van der Waals surface area contributed by atoms with E-state index >= 15 is 0 Å². The van der Waals surface area contributed by atoms with Gasteiger partial charge in [-0.3, -0.25) is 14.4 Å². The minimum atomic E-state index is -1.06. The Labute approximate surface area is 231 Å². The average Bonchev–Trinajstić information content (AvgIpc) is 3.58. The molecule has 3 atom stereocenters. The number of hydrogen-bond donors (Lipinski definition) is 0. The number of hydrogen-bond acceptors (Lipinski definition) is 5. The molecule has 0 spiro atoms. The van der Waals surface area contributed by atoms with Crippen LogP contribution in [0.1, 0.15) is 11.8 Å². The van der Waals surface area contributed by atoms with Gasteiger partial charge in [0.2, 0.25) is 5.91 Å². The molecule has 0 radical (unpaired) electrons. The van der Waals surface area contributed by atoms with Gasteiger partial charge < -0.3 is 4.42 Å². The van der Waals surface area contributed by atoms with E-state index in [0.29, 0.717) is 43.5 Å². The summed E-state index contributed by atoms with van der Waals surface area (Å²) < 4.78 is 6.22. The van der Waals surface area contributed by atoms with Crippen LogP contribution in [-0.2, 0) is 14.4 Å². The number of benzene rings is 3. The van der Waals surface area contributed by atoms with E-state index in [9.17, 15) is 9.59 Å². The predicted molar refractivity (Wildman–Crippen MR) is 143 cm³/mol. The monoisotopic (exact) mass is 572 g/mol. The van der Waals surface area contributed by atoms with Gasteiger partial charge in [-0.25, -0.2) is 9.96 Å². The van der Waals surface area contributed by atoms with Crippen molar-refractivity contribution in [3.8, 4) is 11.3 Å². The van der Waals surface area contributed by atoms with Gasteiger partial charge in [0.1, 0.15) is 23.5 Å². The molecule has 0 aliphatic carbocycles. The van der Waals surface area contributed by atoms with E-state index in [1.54, 1.807) is 41.5 Å². The Kier molecular flexibility index (Phi) is 6.18. The third kappa shape index (κ3) is 4.10. The van der Waals surface area contributed by atoms with E-state index in [4.69, 9.17) is 55.7 Å². The summed E-state index contributed by atoms with van der Waals surface area (Å²) in [6.45, 7) is 0. The van der Waals surface area contributed by atoms with Gasteiger partial charge in [0.05, 0.1) is 26.4 Å². The van der Waals surface area contributed by atoms with Gasteiger partial charge in [-0.05, 0) is 60.7 Å². The van der Waals surface area contributed by atoms with E-state index in [0.717, 1.165) is 4.90 Å². The average molecular weight is 574 g/mol. The molecule has 10 heteroatoms. The Bertz CT molecular complexity index is 1540. The number of amides is 2. The number of nitrogens with zero attached hydrogens (tertiary/aromatic N) is 2. The van der Waals surface area contributed by atoms with Gasteiger partial charge in [-0.1, -0.05) is 64.6 Å². The van der Waals surface area contributed by atoms with Gasteiger partial charge in [0.25, 0.3) is 5.91 Å². The number of carbonyl (C=O) groups excluding carboxylic acids is 2. The molecule has 6 rings (SSSR count). The highest BCUT2D eigenvalue weighted by Gasteiger charge is 2.61. The lowest BCUT2D eigenvalue weighted by Gasteiger charge is -2.27. The minimum absolute atomic E-state index is 0.231. The Morgan fingerprint density at radius 2 is 1.46 bits per heavy atom. The normalized spacial score (nSPS) is 21.1. The van der Waals surface area contributed by atoms with Crippen LogP contribution in [0.2, 0.25) is 20.1 Å². The maximum Gasteiger partial charge on any atom is 0.266 e. The van der Waals surface area contributed by atoms with Gasteiger partial charge in [-0.15, -0.1) is 0 Å². The second-order valence-electron chi connectivity index (χ2n) is 8.59. The third-order valence-electron chi connectivity index (χ3n) is 6.40. The molecule has 4 aromatic rings. The molecule has 3 aromatic carbocycles. The molecule has 0 saturated carbocycles. The molecule has 186 valence electrons. The molecule has 2 fully saturated rings. The number of furan rings is 1. The summed E-state index contributed by atoms with van der Waals surface area (Å²) in [5.74, 6) is -0.912. The maximum absolute atomic E-state index is 13.8. The smallest absolute Gasteiger partial charge is 0.266 e. The molecule has 37 heavy (non-hydrogen) atoms. The molecule has 2 aliphatic rings. The molecule has 1 aromatic heterocycles. The van der Waals surface area contributed by atoms with Crippen LogP contribution in [0.15, 0.2) is 83.3 Å². The van der Waals surface area contributed by atoms with Crippen LogP contribution in [-0.4, -0.2) is 17.9 Å². The predicted octanol–water partition coefficient (Wildman–Crippen LogP) is 7.61. The third-order valence-corrected chi connectivity index (χ3v) is 7.70. The molecule has 6 nitrogen and oxygen atoms in total. The lowest BCUT2D eigenvalue weighted by atomic mass is 9.94. The maximum atomic E-state index is 13.8. The highest BCUT2D eigenvalue weighted by atomic mass is 35.5. The van der Waals surface area contributed by atoms with Gasteiger partial charge in [-0.2, -0.15) is 0 Å². The summed E-state index contributed by atoms with van der Waals surface area (Å²) >= 11 is 24.8. The van der Waals surface area contributed by atoms with E-state index < -0.39 is 29.9 Å². The second-order valence-corrected chi connectivity index (χ2v) is 10.3. The highest BCUT2D eigenvalue weighted by molar-refractivity contribution is 6.42. The second kappa shape index (κ2) is 9.39. The SMILES string of the molecule is O=C1[C@H]2[C@@H](ON(c3ccccc3)[C@H]2c2ccc(-c3cc(Cl)ccc3Cl)o2)C(=O)N1c1ccc(Cl)c(Cl)c1. The first kappa shape index (κ1) is 24.3. The van der Waals surface area contributed by atoms with E-state index in [1.165, 1.54) is 12.1 Å². The largest absolute Gasteiger partial charge is 0.459 e. The van der Waals surface area contributed by atoms with E-state index in [2.05, 4.69) is 0 Å². The van der Waals surface area contributed by atoms with Gasteiger partial charge in [0.15, 0.2) is 6.10 Å². The summed E-state index contributed by atoms with van der Waals surface area (Å²) in [6, 6.07) is 21.6. The first-order chi connectivity index (χ1) is 17.8. The van der Waals surface area contributed by atoms with Crippen molar-refractivity contribution in [1.29, 1.82) is 0 Å². The molecule has 0 N–H and O–H groups in total. The summed E-state index contributed by atoms with van der Waals surface area (Å²) in [5.41, 5.74) is 1.59. The number of imide groups is 1. The van der Waals surface area contributed by atoms with E-state index in [1.807, 2.05) is 30.3 Å². The zero-order valence-corrected chi connectivity index (χ0v) is 21.8. The van der Waals surface area contributed by atoms with Crippen molar-refractivity contribution >= 4 is 69.6 Å². The Morgan fingerprint density at radius 3 is 2.22 bits per heavy atom. The lowest BCUT2D eigenvalue weighted by molar-refractivity contribution is -0.126. The fourth-order valence-corrected chi connectivity index (χ4v) is 5.40. The molecular formula is C27H16Cl4N2O4. The van der Waals surface area contributed by atoms with Crippen LogP contribution in [0.3, 0.4) is 0 Å². The van der Waals surface area contributed by atoms with Crippen LogP contribution in [0.25, 0.3) is 11.3 Å².